The van der Waals surface area contributed by atoms with E-state index in [0.29, 0.717) is 12.2 Å². The van der Waals surface area contributed by atoms with Crippen LogP contribution in [0.2, 0.25) is 0 Å². The molecule has 0 aromatic carbocycles. The van der Waals surface area contributed by atoms with E-state index in [9.17, 15) is 9.90 Å². The molecule has 0 saturated carbocycles. The number of carboxylic acid groups (broad SMARTS) is 1. The summed E-state index contributed by atoms with van der Waals surface area (Å²) in [6.45, 7) is 6.60. The zero-order chi connectivity index (χ0) is 15.6. The maximum Gasteiger partial charge on any atom is 0.337 e. The van der Waals surface area contributed by atoms with Gasteiger partial charge in [-0.1, -0.05) is 0 Å². The molecule has 0 aliphatic carbocycles. The van der Waals surface area contributed by atoms with E-state index < -0.39 is 5.97 Å². The molecule has 0 fully saturated rings. The van der Waals surface area contributed by atoms with Crippen LogP contribution < -0.4 is 0 Å². The molecular formula is C15H19N3O2S. The fraction of sp³-hybridized carbons (Fsp3) is 0.400. The van der Waals surface area contributed by atoms with Crippen molar-refractivity contribution in [1.82, 2.24) is 14.9 Å². The molecule has 0 radical (unpaired) electrons. The highest BCUT2D eigenvalue weighted by molar-refractivity contribution is 7.11. The van der Waals surface area contributed by atoms with Crippen LogP contribution in [0.4, 0.5) is 0 Å². The molecule has 0 amide bonds. The number of aromatic nitrogens is 2. The molecule has 0 bridgehead atoms. The third-order valence-corrected chi connectivity index (χ3v) is 4.42. The molecule has 2 aromatic heterocycles. The lowest BCUT2D eigenvalue weighted by Gasteiger charge is -2.24. The van der Waals surface area contributed by atoms with Crippen molar-refractivity contribution in [2.45, 2.75) is 33.4 Å². The highest BCUT2D eigenvalue weighted by atomic mass is 32.1. The van der Waals surface area contributed by atoms with Crippen molar-refractivity contribution in [2.24, 2.45) is 0 Å². The number of hydrogen-bond donors (Lipinski definition) is 1. The van der Waals surface area contributed by atoms with Gasteiger partial charge in [-0.2, -0.15) is 0 Å². The van der Waals surface area contributed by atoms with Gasteiger partial charge in [-0.05, 0) is 40.0 Å². The van der Waals surface area contributed by atoms with E-state index in [4.69, 9.17) is 0 Å². The van der Waals surface area contributed by atoms with E-state index in [2.05, 4.69) is 28.7 Å². The van der Waals surface area contributed by atoms with Crippen LogP contribution >= 0.6 is 11.3 Å². The Labute approximate surface area is 128 Å². The summed E-state index contributed by atoms with van der Waals surface area (Å²) in [4.78, 5) is 23.3. The molecule has 0 spiro atoms. The maximum absolute atomic E-state index is 11.2. The zero-order valence-electron chi connectivity index (χ0n) is 12.6. The summed E-state index contributed by atoms with van der Waals surface area (Å²) in [5, 5.41) is 10.3. The van der Waals surface area contributed by atoms with Crippen LogP contribution in [0.15, 0.2) is 18.3 Å². The van der Waals surface area contributed by atoms with Gasteiger partial charge in [-0.25, -0.2) is 9.78 Å². The normalized spacial score (nSPS) is 12.6. The summed E-state index contributed by atoms with van der Waals surface area (Å²) in [7, 11) is 1.96. The van der Waals surface area contributed by atoms with Gasteiger partial charge in [-0.15, -0.1) is 11.3 Å². The predicted molar refractivity (Wildman–Crippen MR) is 82.7 cm³/mol. The topological polar surface area (TPSA) is 66.3 Å². The summed E-state index contributed by atoms with van der Waals surface area (Å²) in [5.74, 6) is -0.945. The van der Waals surface area contributed by atoms with Crippen molar-refractivity contribution < 1.29 is 9.90 Å². The number of thiazole rings is 1. The van der Waals surface area contributed by atoms with Crippen molar-refractivity contribution in [2.75, 3.05) is 7.05 Å². The number of carboxylic acids is 1. The standard InChI is InChI=1S/C15H19N3O2S/c1-9(14-10(2)21-11(3)17-14)18(4)8-13-12(15(19)20)6-5-7-16-13/h5-7,9H,8H2,1-4H3,(H,19,20). The van der Waals surface area contributed by atoms with Crippen molar-refractivity contribution in [3.05, 3.63) is 45.2 Å². The van der Waals surface area contributed by atoms with Gasteiger partial charge >= 0.3 is 5.97 Å². The molecule has 21 heavy (non-hydrogen) atoms. The van der Waals surface area contributed by atoms with Gasteiger partial charge in [0.05, 0.1) is 28.0 Å². The molecule has 0 aliphatic rings. The van der Waals surface area contributed by atoms with Crippen LogP contribution in [0.1, 0.15) is 44.6 Å². The minimum Gasteiger partial charge on any atom is -0.478 e. The third kappa shape index (κ3) is 3.46. The van der Waals surface area contributed by atoms with Crippen LogP contribution in [0.25, 0.3) is 0 Å². The van der Waals surface area contributed by atoms with E-state index >= 15 is 0 Å². The molecule has 1 N–H and O–H groups in total. The monoisotopic (exact) mass is 305 g/mol. The second kappa shape index (κ2) is 6.32. The summed E-state index contributed by atoms with van der Waals surface area (Å²) in [5.41, 5.74) is 1.87. The van der Waals surface area contributed by atoms with Gasteiger partial charge in [0.2, 0.25) is 0 Å². The summed E-state index contributed by atoms with van der Waals surface area (Å²) < 4.78 is 0. The minimum absolute atomic E-state index is 0.110. The number of pyridine rings is 1. The van der Waals surface area contributed by atoms with Crippen LogP contribution in [0.5, 0.6) is 0 Å². The fourth-order valence-corrected chi connectivity index (χ4v) is 3.18. The van der Waals surface area contributed by atoms with Gasteiger partial charge < -0.3 is 5.11 Å². The van der Waals surface area contributed by atoms with E-state index in [1.54, 1.807) is 29.7 Å². The first kappa shape index (κ1) is 15.6. The Morgan fingerprint density at radius 3 is 2.76 bits per heavy atom. The Morgan fingerprint density at radius 1 is 1.48 bits per heavy atom. The smallest absolute Gasteiger partial charge is 0.337 e. The molecule has 112 valence electrons. The summed E-state index contributed by atoms with van der Waals surface area (Å²) >= 11 is 1.68. The van der Waals surface area contributed by atoms with Crippen LogP contribution in [-0.2, 0) is 6.54 Å². The Bertz CT molecular complexity index is 654. The first-order valence-electron chi connectivity index (χ1n) is 6.71. The molecule has 5 nitrogen and oxygen atoms in total. The van der Waals surface area contributed by atoms with E-state index in [0.717, 1.165) is 10.7 Å². The molecule has 2 aromatic rings. The summed E-state index contributed by atoms with van der Waals surface area (Å²) in [6.07, 6.45) is 1.62. The first-order chi connectivity index (χ1) is 9.90. The average Bonchev–Trinajstić information content (AvgIpc) is 2.77. The Morgan fingerprint density at radius 2 is 2.19 bits per heavy atom. The average molecular weight is 305 g/mol. The van der Waals surface area contributed by atoms with Gasteiger partial charge in [0.1, 0.15) is 0 Å². The quantitative estimate of drug-likeness (QED) is 0.919. The van der Waals surface area contributed by atoms with Crippen molar-refractivity contribution in [1.29, 1.82) is 0 Å². The number of aromatic carboxylic acids is 1. The fourth-order valence-electron chi connectivity index (χ4n) is 2.27. The number of hydrogen-bond acceptors (Lipinski definition) is 5. The van der Waals surface area contributed by atoms with Gasteiger partial charge in [0.15, 0.2) is 0 Å². The van der Waals surface area contributed by atoms with Gasteiger partial charge in [0.25, 0.3) is 0 Å². The molecule has 1 unspecified atom stereocenters. The molecule has 0 aliphatic heterocycles. The number of aryl methyl sites for hydroxylation is 2. The molecule has 1 atom stereocenters. The van der Waals surface area contributed by atoms with Crippen molar-refractivity contribution in [3.63, 3.8) is 0 Å². The third-order valence-electron chi connectivity index (χ3n) is 3.52. The maximum atomic E-state index is 11.2. The highest BCUT2D eigenvalue weighted by Crippen LogP contribution is 2.27. The molecular weight excluding hydrogens is 286 g/mol. The second-order valence-corrected chi connectivity index (χ2v) is 6.48. The lowest BCUT2D eigenvalue weighted by Crippen LogP contribution is -2.24. The second-order valence-electron chi connectivity index (χ2n) is 5.07. The van der Waals surface area contributed by atoms with Crippen LogP contribution in [0.3, 0.4) is 0 Å². The van der Waals surface area contributed by atoms with Crippen LogP contribution in [0, 0.1) is 13.8 Å². The molecule has 2 heterocycles. The minimum atomic E-state index is -0.945. The van der Waals surface area contributed by atoms with E-state index in [1.165, 1.54) is 4.88 Å². The van der Waals surface area contributed by atoms with E-state index in [-0.39, 0.29) is 11.6 Å². The lowest BCUT2D eigenvalue weighted by atomic mass is 10.1. The predicted octanol–water partition coefficient (Wildman–Crippen LogP) is 3.05. The highest BCUT2D eigenvalue weighted by Gasteiger charge is 2.20. The Hall–Kier alpha value is -1.79. The van der Waals surface area contributed by atoms with Gasteiger partial charge in [0, 0.05) is 17.6 Å². The Balaban J connectivity index is 2.20. The van der Waals surface area contributed by atoms with Crippen molar-refractivity contribution >= 4 is 17.3 Å². The lowest BCUT2D eigenvalue weighted by molar-refractivity contribution is 0.0693. The number of carbonyl (C=O) groups is 1. The van der Waals surface area contributed by atoms with Crippen LogP contribution in [-0.4, -0.2) is 33.0 Å². The first-order valence-corrected chi connectivity index (χ1v) is 7.53. The summed E-state index contributed by atoms with van der Waals surface area (Å²) in [6, 6.07) is 3.34. The number of nitrogens with zero attached hydrogens (tertiary/aromatic N) is 3. The largest absolute Gasteiger partial charge is 0.478 e. The molecule has 0 saturated heterocycles. The molecule has 2 rings (SSSR count). The number of rotatable bonds is 5. The van der Waals surface area contributed by atoms with E-state index in [1.807, 2.05) is 14.0 Å². The van der Waals surface area contributed by atoms with Gasteiger partial charge in [-0.3, -0.25) is 9.88 Å². The van der Waals surface area contributed by atoms with Crippen molar-refractivity contribution in [3.8, 4) is 0 Å². The zero-order valence-corrected chi connectivity index (χ0v) is 13.4. The Kier molecular flexibility index (Phi) is 4.69. The molecule has 6 heteroatoms. The SMILES string of the molecule is Cc1nc(C(C)N(C)Cc2ncccc2C(=O)O)c(C)s1.